The Kier molecular flexibility index (Phi) is 6.04. The molecule has 0 unspecified atom stereocenters. The summed E-state index contributed by atoms with van der Waals surface area (Å²) in [5.74, 6) is -1.08. The van der Waals surface area contributed by atoms with Crippen LogP contribution in [0.2, 0.25) is 10.0 Å². The SMILES string of the molecule is CC(C)OC(=O)c1[nH]c2cc(Cl)cc(Cl)c2c1C=CC(=O)OC(C)(C)C. The molecule has 0 saturated carbocycles. The zero-order valence-corrected chi connectivity index (χ0v) is 16.8. The number of H-pyrrole nitrogens is 1. The Morgan fingerprint density at radius 3 is 2.42 bits per heavy atom. The Morgan fingerprint density at radius 1 is 1.19 bits per heavy atom. The van der Waals surface area contributed by atoms with Crippen LogP contribution in [-0.2, 0) is 14.3 Å². The van der Waals surface area contributed by atoms with Crippen LogP contribution in [0.25, 0.3) is 17.0 Å². The zero-order chi connectivity index (χ0) is 19.6. The van der Waals surface area contributed by atoms with E-state index in [1.165, 1.54) is 12.2 Å². The van der Waals surface area contributed by atoms with Crippen LogP contribution in [0.1, 0.15) is 50.7 Å². The molecule has 0 spiro atoms. The number of aromatic nitrogens is 1. The van der Waals surface area contributed by atoms with Gasteiger partial charge in [0.25, 0.3) is 0 Å². The fourth-order valence-corrected chi connectivity index (χ4v) is 2.96. The van der Waals surface area contributed by atoms with Crippen LogP contribution in [0.5, 0.6) is 0 Å². The molecule has 0 saturated heterocycles. The molecule has 140 valence electrons. The standard InChI is InChI=1S/C19H21Cl2NO4/c1-10(2)25-18(24)17-12(6-7-15(23)26-19(3,4)5)16-13(21)8-11(20)9-14(16)22-17/h6-10,22H,1-5H3. The van der Waals surface area contributed by atoms with Crippen molar-refractivity contribution < 1.29 is 19.1 Å². The molecular weight excluding hydrogens is 377 g/mol. The number of hydrogen-bond donors (Lipinski definition) is 1. The summed E-state index contributed by atoms with van der Waals surface area (Å²) < 4.78 is 10.5. The van der Waals surface area contributed by atoms with E-state index < -0.39 is 17.5 Å². The highest BCUT2D eigenvalue weighted by Gasteiger charge is 2.21. The Bertz CT molecular complexity index is 876. The van der Waals surface area contributed by atoms with E-state index in [4.69, 9.17) is 32.7 Å². The third kappa shape index (κ3) is 5.02. The first-order chi connectivity index (χ1) is 12.0. The van der Waals surface area contributed by atoms with Crippen LogP contribution in [0, 0.1) is 0 Å². The molecule has 0 fully saturated rings. The quantitative estimate of drug-likeness (QED) is 0.554. The minimum atomic E-state index is -0.619. The van der Waals surface area contributed by atoms with Gasteiger partial charge in [0.2, 0.25) is 0 Å². The van der Waals surface area contributed by atoms with Crippen LogP contribution < -0.4 is 0 Å². The molecule has 0 radical (unpaired) electrons. The van der Waals surface area contributed by atoms with Crippen molar-refractivity contribution in [3.63, 3.8) is 0 Å². The predicted molar refractivity (Wildman–Crippen MR) is 104 cm³/mol. The second-order valence-electron chi connectivity index (χ2n) is 7.04. The predicted octanol–water partition coefficient (Wildman–Crippen LogP) is 5.39. The maximum Gasteiger partial charge on any atom is 0.355 e. The number of ether oxygens (including phenoxy) is 2. The third-order valence-electron chi connectivity index (χ3n) is 3.19. The Labute approximate surface area is 162 Å². The van der Waals surface area contributed by atoms with Crippen LogP contribution >= 0.6 is 23.2 Å². The summed E-state index contributed by atoms with van der Waals surface area (Å²) in [7, 11) is 0. The van der Waals surface area contributed by atoms with Crippen LogP contribution in [0.4, 0.5) is 0 Å². The highest BCUT2D eigenvalue weighted by molar-refractivity contribution is 6.39. The van der Waals surface area contributed by atoms with Gasteiger partial charge in [-0.25, -0.2) is 9.59 Å². The van der Waals surface area contributed by atoms with Gasteiger partial charge < -0.3 is 14.5 Å². The van der Waals surface area contributed by atoms with E-state index in [1.807, 2.05) is 0 Å². The molecule has 2 aromatic rings. The molecule has 0 aliphatic rings. The molecule has 1 aromatic heterocycles. The Balaban J connectivity index is 2.54. The number of aromatic amines is 1. The number of benzene rings is 1. The summed E-state index contributed by atoms with van der Waals surface area (Å²) in [5, 5.41) is 1.36. The summed E-state index contributed by atoms with van der Waals surface area (Å²) in [5.41, 5.74) is 0.588. The molecule has 0 bridgehead atoms. The van der Waals surface area contributed by atoms with Gasteiger partial charge in [0.1, 0.15) is 11.3 Å². The molecule has 7 heteroatoms. The zero-order valence-electron chi connectivity index (χ0n) is 15.3. The summed E-state index contributed by atoms with van der Waals surface area (Å²) in [4.78, 5) is 27.4. The lowest BCUT2D eigenvalue weighted by molar-refractivity contribution is -0.148. The molecule has 2 rings (SSSR count). The average Bonchev–Trinajstić information content (AvgIpc) is 2.81. The van der Waals surface area contributed by atoms with Gasteiger partial charge in [0.05, 0.1) is 11.1 Å². The Morgan fingerprint density at radius 2 is 1.85 bits per heavy atom. The summed E-state index contributed by atoms with van der Waals surface area (Å²) in [6.07, 6.45) is 2.45. The minimum Gasteiger partial charge on any atom is -0.458 e. The smallest absolute Gasteiger partial charge is 0.355 e. The van der Waals surface area contributed by atoms with Gasteiger partial charge in [0, 0.05) is 27.6 Å². The molecule has 0 aliphatic heterocycles. The second kappa shape index (κ2) is 7.72. The van der Waals surface area contributed by atoms with Crippen LogP contribution in [0.15, 0.2) is 18.2 Å². The molecule has 26 heavy (non-hydrogen) atoms. The van der Waals surface area contributed by atoms with Gasteiger partial charge in [-0.1, -0.05) is 23.2 Å². The first kappa shape index (κ1) is 20.3. The van der Waals surface area contributed by atoms with Crippen molar-refractivity contribution >= 4 is 52.1 Å². The van der Waals surface area contributed by atoms with Gasteiger partial charge in [-0.05, 0) is 52.8 Å². The van der Waals surface area contributed by atoms with Crippen molar-refractivity contribution in [3.05, 3.63) is 39.5 Å². The van der Waals surface area contributed by atoms with E-state index >= 15 is 0 Å². The fraction of sp³-hybridized carbons (Fsp3) is 0.368. The molecule has 5 nitrogen and oxygen atoms in total. The number of rotatable bonds is 4. The van der Waals surface area contributed by atoms with Crippen molar-refractivity contribution in [3.8, 4) is 0 Å². The number of fused-ring (bicyclic) bond motifs is 1. The summed E-state index contributed by atoms with van der Waals surface area (Å²) >= 11 is 12.3. The number of hydrogen-bond acceptors (Lipinski definition) is 4. The van der Waals surface area contributed by atoms with E-state index in [2.05, 4.69) is 4.98 Å². The first-order valence-electron chi connectivity index (χ1n) is 8.10. The van der Waals surface area contributed by atoms with Crippen LogP contribution in [-0.4, -0.2) is 28.6 Å². The fourth-order valence-electron chi connectivity index (χ4n) is 2.36. The number of halogens is 2. The lowest BCUT2D eigenvalue weighted by Gasteiger charge is -2.17. The largest absolute Gasteiger partial charge is 0.458 e. The molecule has 1 heterocycles. The molecule has 0 aliphatic carbocycles. The molecule has 1 N–H and O–H groups in total. The average molecular weight is 398 g/mol. The molecule has 1 aromatic carbocycles. The van der Waals surface area contributed by atoms with Crippen molar-refractivity contribution in [2.24, 2.45) is 0 Å². The first-order valence-corrected chi connectivity index (χ1v) is 8.86. The summed E-state index contributed by atoms with van der Waals surface area (Å²) in [6, 6.07) is 3.22. The molecular formula is C19H21Cl2NO4. The highest BCUT2D eigenvalue weighted by Crippen LogP contribution is 2.33. The number of nitrogens with one attached hydrogen (secondary N) is 1. The topological polar surface area (TPSA) is 68.4 Å². The lowest BCUT2D eigenvalue weighted by atomic mass is 10.1. The lowest BCUT2D eigenvalue weighted by Crippen LogP contribution is -2.22. The van der Waals surface area contributed by atoms with Gasteiger partial charge >= 0.3 is 11.9 Å². The van der Waals surface area contributed by atoms with Gasteiger partial charge in [0.15, 0.2) is 0 Å². The van der Waals surface area contributed by atoms with Crippen molar-refractivity contribution in [1.82, 2.24) is 4.98 Å². The molecule has 0 atom stereocenters. The summed E-state index contributed by atoms with van der Waals surface area (Å²) in [6.45, 7) is 8.82. The minimum absolute atomic E-state index is 0.192. The van der Waals surface area contributed by atoms with Crippen molar-refractivity contribution in [1.29, 1.82) is 0 Å². The van der Waals surface area contributed by atoms with E-state index in [-0.39, 0.29) is 11.8 Å². The van der Waals surface area contributed by atoms with E-state index in [9.17, 15) is 9.59 Å². The number of esters is 2. The van der Waals surface area contributed by atoms with Crippen LogP contribution in [0.3, 0.4) is 0 Å². The second-order valence-corrected chi connectivity index (χ2v) is 7.89. The van der Waals surface area contributed by atoms with Gasteiger partial charge in [-0.3, -0.25) is 0 Å². The van der Waals surface area contributed by atoms with Crippen molar-refractivity contribution in [2.45, 2.75) is 46.3 Å². The maximum absolute atomic E-state index is 12.4. The van der Waals surface area contributed by atoms with E-state index in [1.54, 1.807) is 46.8 Å². The van der Waals surface area contributed by atoms with Gasteiger partial charge in [-0.15, -0.1) is 0 Å². The van der Waals surface area contributed by atoms with E-state index in [0.29, 0.717) is 26.5 Å². The highest BCUT2D eigenvalue weighted by atomic mass is 35.5. The number of carbonyl (C=O) groups is 2. The van der Waals surface area contributed by atoms with Gasteiger partial charge in [-0.2, -0.15) is 0 Å². The number of carbonyl (C=O) groups excluding carboxylic acids is 2. The van der Waals surface area contributed by atoms with E-state index in [0.717, 1.165) is 0 Å². The third-order valence-corrected chi connectivity index (χ3v) is 3.71. The maximum atomic E-state index is 12.4. The van der Waals surface area contributed by atoms with Crippen molar-refractivity contribution in [2.75, 3.05) is 0 Å². The normalized spacial score (nSPS) is 12.2. The molecule has 0 amide bonds. The monoisotopic (exact) mass is 397 g/mol. The Hall–Kier alpha value is -1.98.